The van der Waals surface area contributed by atoms with E-state index < -0.39 is 0 Å². The van der Waals surface area contributed by atoms with E-state index in [2.05, 4.69) is 20.3 Å². The van der Waals surface area contributed by atoms with Crippen LogP contribution in [0.1, 0.15) is 5.56 Å². The number of methoxy groups -OCH3 is 1. The number of nitrogens with one attached hydrogen (secondary N) is 2. The van der Waals surface area contributed by atoms with Gasteiger partial charge in [0.25, 0.3) is 0 Å². The van der Waals surface area contributed by atoms with E-state index in [0.717, 1.165) is 22.5 Å². The van der Waals surface area contributed by atoms with Crippen molar-refractivity contribution in [3.8, 4) is 5.88 Å². The zero-order valence-electron chi connectivity index (χ0n) is 10.6. The van der Waals surface area contributed by atoms with E-state index in [4.69, 9.17) is 4.74 Å². The van der Waals surface area contributed by atoms with Crippen LogP contribution in [0.25, 0.3) is 11.0 Å². The van der Waals surface area contributed by atoms with Gasteiger partial charge in [-0.2, -0.15) is 0 Å². The lowest BCUT2D eigenvalue weighted by atomic mass is 10.3. The quantitative estimate of drug-likeness (QED) is 0.751. The first-order chi connectivity index (χ1) is 9.36. The lowest BCUT2D eigenvalue weighted by molar-refractivity contribution is 0.393. The molecule has 0 bridgehead atoms. The minimum absolute atomic E-state index is 0.608. The Morgan fingerprint density at radius 3 is 2.95 bits per heavy atom. The Balaban J connectivity index is 1.78. The number of aromatic nitrogens is 3. The molecule has 3 aromatic rings. The summed E-state index contributed by atoms with van der Waals surface area (Å²) in [5.74, 6) is 1.37. The highest BCUT2D eigenvalue weighted by molar-refractivity contribution is 5.77. The zero-order valence-corrected chi connectivity index (χ0v) is 10.6. The fourth-order valence-electron chi connectivity index (χ4n) is 1.96. The first-order valence-electron chi connectivity index (χ1n) is 6.03. The second kappa shape index (κ2) is 4.97. The Labute approximate surface area is 110 Å². The van der Waals surface area contributed by atoms with Crippen molar-refractivity contribution in [2.45, 2.75) is 6.54 Å². The van der Waals surface area contributed by atoms with Gasteiger partial charge in [0.1, 0.15) is 0 Å². The topological polar surface area (TPSA) is 62.8 Å². The third-order valence-electron chi connectivity index (χ3n) is 2.88. The molecule has 0 aliphatic carbocycles. The normalized spacial score (nSPS) is 10.6. The van der Waals surface area contributed by atoms with E-state index in [1.165, 1.54) is 0 Å². The second-order valence-electron chi connectivity index (χ2n) is 4.13. The van der Waals surface area contributed by atoms with E-state index in [0.29, 0.717) is 12.4 Å². The second-order valence-corrected chi connectivity index (χ2v) is 4.13. The van der Waals surface area contributed by atoms with Gasteiger partial charge in [-0.25, -0.2) is 9.97 Å². The highest BCUT2D eigenvalue weighted by Crippen LogP contribution is 2.17. The summed E-state index contributed by atoms with van der Waals surface area (Å²) in [5.41, 5.74) is 2.96. The number of H-pyrrole nitrogens is 1. The minimum atomic E-state index is 0.608. The molecule has 0 atom stereocenters. The van der Waals surface area contributed by atoms with E-state index in [-0.39, 0.29) is 0 Å². The number of benzene rings is 1. The molecule has 1 aromatic carbocycles. The van der Waals surface area contributed by atoms with E-state index in [9.17, 15) is 0 Å². The van der Waals surface area contributed by atoms with Gasteiger partial charge in [-0.1, -0.05) is 18.2 Å². The van der Waals surface area contributed by atoms with E-state index in [1.54, 1.807) is 13.3 Å². The van der Waals surface area contributed by atoms with Gasteiger partial charge < -0.3 is 15.0 Å². The standard InChI is InChI=1S/C14H14N4O/c1-19-13-10(5-4-8-15-13)9-16-14-17-11-6-2-3-7-12(11)18-14/h2-8H,9H2,1H3,(H2,16,17,18). The molecule has 2 N–H and O–H groups in total. The third kappa shape index (κ3) is 2.35. The van der Waals surface area contributed by atoms with Crippen LogP contribution in [-0.4, -0.2) is 22.1 Å². The highest BCUT2D eigenvalue weighted by Gasteiger charge is 2.05. The molecular weight excluding hydrogens is 240 g/mol. The molecule has 19 heavy (non-hydrogen) atoms. The van der Waals surface area contributed by atoms with Crippen LogP contribution in [0.3, 0.4) is 0 Å². The smallest absolute Gasteiger partial charge is 0.218 e. The molecule has 96 valence electrons. The van der Waals surface area contributed by atoms with Gasteiger partial charge in [0.05, 0.1) is 18.1 Å². The van der Waals surface area contributed by atoms with Crippen molar-refractivity contribution < 1.29 is 4.74 Å². The number of nitrogens with zero attached hydrogens (tertiary/aromatic N) is 2. The van der Waals surface area contributed by atoms with E-state index in [1.807, 2.05) is 36.4 Å². The Bertz CT molecular complexity index is 659. The van der Waals surface area contributed by atoms with Crippen molar-refractivity contribution >= 4 is 17.0 Å². The average molecular weight is 254 g/mol. The molecule has 0 radical (unpaired) electrons. The van der Waals surface area contributed by atoms with Crippen LogP contribution in [0.5, 0.6) is 5.88 Å². The lowest BCUT2D eigenvalue weighted by Crippen LogP contribution is -2.03. The monoisotopic (exact) mass is 254 g/mol. The Hall–Kier alpha value is -2.56. The number of anilines is 1. The molecule has 5 nitrogen and oxygen atoms in total. The fourth-order valence-corrected chi connectivity index (χ4v) is 1.96. The zero-order chi connectivity index (χ0) is 13.1. The molecule has 0 fully saturated rings. The summed E-state index contributed by atoms with van der Waals surface area (Å²) in [6.45, 7) is 0.608. The van der Waals surface area contributed by atoms with Crippen LogP contribution in [0.15, 0.2) is 42.6 Å². The van der Waals surface area contributed by atoms with Crippen molar-refractivity contribution in [2.75, 3.05) is 12.4 Å². The number of ether oxygens (including phenoxy) is 1. The number of aromatic amines is 1. The number of rotatable bonds is 4. The number of para-hydroxylation sites is 2. The van der Waals surface area contributed by atoms with Crippen molar-refractivity contribution in [3.63, 3.8) is 0 Å². The van der Waals surface area contributed by atoms with Crippen LogP contribution >= 0.6 is 0 Å². The molecule has 0 saturated carbocycles. The molecule has 0 aliphatic rings. The van der Waals surface area contributed by atoms with Gasteiger partial charge in [0, 0.05) is 18.3 Å². The van der Waals surface area contributed by atoms with Gasteiger partial charge in [-0.15, -0.1) is 0 Å². The van der Waals surface area contributed by atoms with Crippen molar-refractivity contribution in [1.82, 2.24) is 15.0 Å². The minimum Gasteiger partial charge on any atom is -0.481 e. The largest absolute Gasteiger partial charge is 0.481 e. The first kappa shape index (κ1) is 11.5. The number of imidazole rings is 1. The summed E-state index contributed by atoms with van der Waals surface area (Å²) < 4.78 is 5.21. The van der Waals surface area contributed by atoms with Crippen molar-refractivity contribution in [3.05, 3.63) is 48.2 Å². The van der Waals surface area contributed by atoms with Gasteiger partial charge in [0.15, 0.2) is 0 Å². The predicted octanol–water partition coefficient (Wildman–Crippen LogP) is 2.58. The Morgan fingerprint density at radius 1 is 1.21 bits per heavy atom. The van der Waals surface area contributed by atoms with Crippen molar-refractivity contribution in [2.24, 2.45) is 0 Å². The molecule has 2 aromatic heterocycles. The molecule has 0 saturated heterocycles. The third-order valence-corrected chi connectivity index (χ3v) is 2.88. The molecule has 0 spiro atoms. The molecule has 3 rings (SSSR count). The molecule has 0 unspecified atom stereocenters. The molecule has 0 aliphatic heterocycles. The maximum absolute atomic E-state index is 5.21. The lowest BCUT2D eigenvalue weighted by Gasteiger charge is -2.07. The number of fused-ring (bicyclic) bond motifs is 1. The number of hydrogen-bond donors (Lipinski definition) is 2. The van der Waals surface area contributed by atoms with E-state index >= 15 is 0 Å². The van der Waals surface area contributed by atoms with Gasteiger partial charge in [0.2, 0.25) is 11.8 Å². The molecule has 2 heterocycles. The summed E-state index contributed by atoms with van der Waals surface area (Å²) in [7, 11) is 1.62. The Morgan fingerprint density at radius 2 is 2.11 bits per heavy atom. The van der Waals surface area contributed by atoms with Gasteiger partial charge >= 0.3 is 0 Å². The molecule has 0 amide bonds. The van der Waals surface area contributed by atoms with Crippen LogP contribution < -0.4 is 10.1 Å². The van der Waals surface area contributed by atoms with Gasteiger partial charge in [-0.05, 0) is 18.2 Å². The van der Waals surface area contributed by atoms with Crippen LogP contribution in [0.4, 0.5) is 5.95 Å². The number of pyridine rings is 1. The molecular formula is C14H14N4O. The Kier molecular flexibility index (Phi) is 3.02. The van der Waals surface area contributed by atoms with Gasteiger partial charge in [-0.3, -0.25) is 0 Å². The average Bonchev–Trinajstić information content (AvgIpc) is 2.88. The summed E-state index contributed by atoms with van der Waals surface area (Å²) in [4.78, 5) is 11.8. The van der Waals surface area contributed by atoms with Crippen LogP contribution in [0, 0.1) is 0 Å². The molecule has 5 heteroatoms. The number of hydrogen-bond acceptors (Lipinski definition) is 4. The highest BCUT2D eigenvalue weighted by atomic mass is 16.5. The SMILES string of the molecule is COc1ncccc1CNc1nc2ccccc2[nH]1. The first-order valence-corrected chi connectivity index (χ1v) is 6.03. The summed E-state index contributed by atoms with van der Waals surface area (Å²) in [6.07, 6.45) is 1.71. The fraction of sp³-hybridized carbons (Fsp3) is 0.143. The van der Waals surface area contributed by atoms with Crippen molar-refractivity contribution in [1.29, 1.82) is 0 Å². The summed E-state index contributed by atoms with van der Waals surface area (Å²) in [6, 6.07) is 11.8. The maximum atomic E-state index is 5.21. The van der Waals surface area contributed by atoms with Crippen LogP contribution in [0.2, 0.25) is 0 Å². The predicted molar refractivity (Wildman–Crippen MR) is 74.2 cm³/mol. The maximum Gasteiger partial charge on any atom is 0.218 e. The van der Waals surface area contributed by atoms with Crippen LogP contribution in [-0.2, 0) is 6.54 Å². The summed E-state index contributed by atoms with van der Waals surface area (Å²) >= 11 is 0. The summed E-state index contributed by atoms with van der Waals surface area (Å²) in [5, 5.41) is 3.24.